The van der Waals surface area contributed by atoms with E-state index in [2.05, 4.69) is 40.3 Å². The fourth-order valence-corrected chi connectivity index (χ4v) is 3.00. The van der Waals surface area contributed by atoms with Crippen LogP contribution >= 0.6 is 24.0 Å². The van der Waals surface area contributed by atoms with Gasteiger partial charge in [-0.15, -0.1) is 11.3 Å². The van der Waals surface area contributed by atoms with Gasteiger partial charge in [0.1, 0.15) is 0 Å². The van der Waals surface area contributed by atoms with Gasteiger partial charge in [0.2, 0.25) is 0 Å². The van der Waals surface area contributed by atoms with Gasteiger partial charge in [0.25, 0.3) is 0 Å². The van der Waals surface area contributed by atoms with Crippen molar-refractivity contribution in [2.45, 2.75) is 51.7 Å². The Morgan fingerprint density at radius 3 is 2.36 bits per heavy atom. The lowest BCUT2D eigenvalue weighted by molar-refractivity contribution is 0.566. The normalized spacial score (nSPS) is 12.1. The second-order valence-electron chi connectivity index (χ2n) is 4.54. The Hall–Kier alpha value is -0.0200. The summed E-state index contributed by atoms with van der Waals surface area (Å²) in [7, 11) is 0. The molecule has 0 radical (unpaired) electrons. The van der Waals surface area contributed by atoms with Crippen molar-refractivity contribution < 1.29 is 0 Å². The number of hydrogen-bond donors (Lipinski definition) is 1. The number of thiazole rings is 1. The molecule has 3 heteroatoms. The minimum absolute atomic E-state index is 0.153. The third-order valence-corrected chi connectivity index (χ3v) is 3.70. The molecule has 0 spiro atoms. The molecule has 0 amide bonds. The molecule has 0 N–H and O–H groups in total. The number of thiol groups is 1. The third kappa shape index (κ3) is 2.74. The van der Waals surface area contributed by atoms with E-state index >= 15 is 0 Å². The molecular formula is C11H19NS2. The predicted octanol–water partition coefficient (Wildman–Crippen LogP) is 3.82. The van der Waals surface area contributed by atoms with E-state index in [-0.39, 0.29) is 5.41 Å². The fourth-order valence-electron chi connectivity index (χ4n) is 1.41. The first-order chi connectivity index (χ1) is 6.49. The number of aryl methyl sites for hydroxylation is 1. The molecule has 0 saturated heterocycles. The monoisotopic (exact) mass is 229 g/mol. The fraction of sp³-hybridized carbons (Fsp3) is 0.727. The van der Waals surface area contributed by atoms with Crippen molar-refractivity contribution in [2.75, 3.05) is 0 Å². The van der Waals surface area contributed by atoms with Crippen LogP contribution in [0.2, 0.25) is 0 Å². The van der Waals surface area contributed by atoms with Crippen LogP contribution in [-0.4, -0.2) is 4.98 Å². The first-order valence-corrected chi connectivity index (χ1v) is 6.53. The molecule has 14 heavy (non-hydrogen) atoms. The molecule has 0 aromatic carbocycles. The summed E-state index contributed by atoms with van der Waals surface area (Å²) in [5, 5.41) is 1.27. The molecule has 1 rings (SSSR count). The number of rotatable bonds is 3. The van der Waals surface area contributed by atoms with Crippen molar-refractivity contribution >= 4 is 24.0 Å². The molecule has 0 saturated carbocycles. The zero-order valence-electron chi connectivity index (χ0n) is 9.42. The van der Waals surface area contributed by atoms with Crippen LogP contribution in [0.1, 0.15) is 49.7 Å². The Morgan fingerprint density at radius 2 is 2.00 bits per heavy atom. The van der Waals surface area contributed by atoms with E-state index in [0.29, 0.717) is 0 Å². The highest BCUT2D eigenvalue weighted by Crippen LogP contribution is 2.31. The topological polar surface area (TPSA) is 12.9 Å². The van der Waals surface area contributed by atoms with Gasteiger partial charge in [-0.1, -0.05) is 27.7 Å². The van der Waals surface area contributed by atoms with E-state index in [1.165, 1.54) is 22.0 Å². The Bertz CT molecular complexity index is 297. The van der Waals surface area contributed by atoms with Crippen LogP contribution in [0.5, 0.6) is 0 Å². The first kappa shape index (κ1) is 12.1. The van der Waals surface area contributed by atoms with Crippen LogP contribution in [0, 0.1) is 0 Å². The standard InChI is InChI=1S/C11H19NS2/c1-5-6-9-12-10(11(2,3)4)8(7-13)14-9/h13H,5-7H2,1-4H3. The zero-order valence-corrected chi connectivity index (χ0v) is 11.1. The van der Waals surface area contributed by atoms with Gasteiger partial charge in [0, 0.05) is 16.0 Å². The van der Waals surface area contributed by atoms with Crippen molar-refractivity contribution in [3.63, 3.8) is 0 Å². The molecule has 0 aliphatic rings. The van der Waals surface area contributed by atoms with E-state index in [9.17, 15) is 0 Å². The summed E-state index contributed by atoms with van der Waals surface area (Å²) in [6.45, 7) is 8.83. The molecule has 0 aliphatic heterocycles. The lowest BCUT2D eigenvalue weighted by atomic mass is 9.91. The van der Waals surface area contributed by atoms with Crippen LogP contribution in [0.3, 0.4) is 0 Å². The van der Waals surface area contributed by atoms with Crippen molar-refractivity contribution in [1.82, 2.24) is 4.98 Å². The van der Waals surface area contributed by atoms with E-state index in [4.69, 9.17) is 4.98 Å². The van der Waals surface area contributed by atoms with Crippen LogP contribution in [0.25, 0.3) is 0 Å². The molecule has 0 unspecified atom stereocenters. The van der Waals surface area contributed by atoms with Gasteiger partial charge >= 0.3 is 0 Å². The molecule has 0 fully saturated rings. The molecular weight excluding hydrogens is 210 g/mol. The van der Waals surface area contributed by atoms with Crippen LogP contribution in [0.15, 0.2) is 0 Å². The van der Waals surface area contributed by atoms with Gasteiger partial charge in [0.15, 0.2) is 0 Å². The van der Waals surface area contributed by atoms with Crippen LogP contribution < -0.4 is 0 Å². The average molecular weight is 229 g/mol. The highest BCUT2D eigenvalue weighted by molar-refractivity contribution is 7.79. The molecule has 80 valence electrons. The second-order valence-corrected chi connectivity index (χ2v) is 6.02. The largest absolute Gasteiger partial charge is 0.245 e. The molecule has 1 aromatic rings. The van der Waals surface area contributed by atoms with Gasteiger partial charge in [0.05, 0.1) is 10.7 Å². The summed E-state index contributed by atoms with van der Waals surface area (Å²) in [6.07, 6.45) is 2.27. The van der Waals surface area contributed by atoms with Gasteiger partial charge in [-0.05, 0) is 12.8 Å². The maximum absolute atomic E-state index is 4.71. The number of nitrogens with zero attached hydrogens (tertiary/aromatic N) is 1. The summed E-state index contributed by atoms with van der Waals surface area (Å²) < 4.78 is 0. The molecule has 0 atom stereocenters. The predicted molar refractivity (Wildman–Crippen MR) is 67.5 cm³/mol. The average Bonchev–Trinajstić information content (AvgIpc) is 2.47. The highest BCUT2D eigenvalue weighted by Gasteiger charge is 2.21. The molecule has 1 nitrogen and oxygen atoms in total. The summed E-state index contributed by atoms with van der Waals surface area (Å²) in [6, 6.07) is 0. The quantitative estimate of drug-likeness (QED) is 0.777. The van der Waals surface area contributed by atoms with Crippen LogP contribution in [0.4, 0.5) is 0 Å². The Kier molecular flexibility index (Phi) is 4.02. The minimum Gasteiger partial charge on any atom is -0.245 e. The van der Waals surface area contributed by atoms with Crippen molar-refractivity contribution in [3.8, 4) is 0 Å². The summed E-state index contributed by atoms with van der Waals surface area (Å²) in [5.74, 6) is 0.813. The van der Waals surface area contributed by atoms with Gasteiger partial charge in [-0.2, -0.15) is 12.6 Å². The maximum atomic E-state index is 4.71. The Labute approximate surface area is 96.4 Å². The minimum atomic E-state index is 0.153. The Balaban J connectivity index is 3.02. The first-order valence-electron chi connectivity index (χ1n) is 5.09. The maximum Gasteiger partial charge on any atom is 0.0931 e. The lowest BCUT2D eigenvalue weighted by Gasteiger charge is -2.16. The van der Waals surface area contributed by atoms with Crippen molar-refractivity contribution in [3.05, 3.63) is 15.6 Å². The second kappa shape index (κ2) is 4.67. The van der Waals surface area contributed by atoms with Crippen molar-refractivity contribution in [2.24, 2.45) is 0 Å². The Morgan fingerprint density at radius 1 is 1.36 bits per heavy atom. The van der Waals surface area contributed by atoms with E-state index in [1.807, 2.05) is 11.3 Å². The summed E-state index contributed by atoms with van der Waals surface area (Å²) in [5.41, 5.74) is 1.39. The SMILES string of the molecule is CCCc1nc(C(C)(C)C)c(CS)s1. The summed E-state index contributed by atoms with van der Waals surface area (Å²) in [4.78, 5) is 6.05. The molecule has 0 aliphatic carbocycles. The van der Waals surface area contributed by atoms with E-state index in [0.717, 1.165) is 12.2 Å². The smallest absolute Gasteiger partial charge is 0.0931 e. The van der Waals surface area contributed by atoms with E-state index in [1.54, 1.807) is 0 Å². The molecule has 0 bridgehead atoms. The van der Waals surface area contributed by atoms with Gasteiger partial charge in [-0.25, -0.2) is 4.98 Å². The van der Waals surface area contributed by atoms with Crippen LogP contribution in [-0.2, 0) is 17.6 Å². The molecule has 1 aromatic heterocycles. The zero-order chi connectivity index (χ0) is 10.8. The van der Waals surface area contributed by atoms with E-state index < -0.39 is 0 Å². The number of aromatic nitrogens is 1. The molecule has 1 heterocycles. The lowest BCUT2D eigenvalue weighted by Crippen LogP contribution is -2.13. The van der Waals surface area contributed by atoms with Gasteiger partial charge < -0.3 is 0 Å². The number of hydrogen-bond acceptors (Lipinski definition) is 3. The summed E-state index contributed by atoms with van der Waals surface area (Å²) >= 11 is 6.19. The third-order valence-electron chi connectivity index (χ3n) is 2.06. The van der Waals surface area contributed by atoms with Crippen molar-refractivity contribution in [1.29, 1.82) is 0 Å². The van der Waals surface area contributed by atoms with Gasteiger partial charge in [-0.3, -0.25) is 0 Å². The highest BCUT2D eigenvalue weighted by atomic mass is 32.1.